The third-order valence-electron chi connectivity index (χ3n) is 5.21. The summed E-state index contributed by atoms with van der Waals surface area (Å²) in [7, 11) is 4.05. The van der Waals surface area contributed by atoms with E-state index in [0.29, 0.717) is 43.1 Å². The highest BCUT2D eigenvalue weighted by atomic mass is 35.5. The Bertz CT molecular complexity index is 784. The summed E-state index contributed by atoms with van der Waals surface area (Å²) in [4.78, 5) is 30.4. The van der Waals surface area contributed by atoms with Crippen molar-refractivity contribution in [1.29, 1.82) is 0 Å². The molecule has 1 aliphatic heterocycles. The van der Waals surface area contributed by atoms with Crippen molar-refractivity contribution < 1.29 is 9.59 Å². The molecule has 1 atom stereocenters. The Morgan fingerprint density at radius 2 is 1.89 bits per heavy atom. The van der Waals surface area contributed by atoms with Crippen LogP contribution in [0.3, 0.4) is 0 Å². The van der Waals surface area contributed by atoms with Crippen LogP contribution in [0, 0.1) is 5.92 Å². The van der Waals surface area contributed by atoms with Gasteiger partial charge in [-0.05, 0) is 62.6 Å². The summed E-state index contributed by atoms with van der Waals surface area (Å²) < 4.78 is 0. The Labute approximate surface area is 175 Å². The molecule has 3 rings (SSSR count). The first kappa shape index (κ1) is 20.8. The number of benzene rings is 1. The third kappa shape index (κ3) is 5.13. The summed E-state index contributed by atoms with van der Waals surface area (Å²) >= 11 is 7.59. The molecule has 1 N–H and O–H groups in total. The first-order chi connectivity index (χ1) is 13.5. The summed E-state index contributed by atoms with van der Waals surface area (Å²) in [6, 6.07) is 11.3. The molecule has 2 heterocycles. The normalized spacial score (nSPS) is 16.2. The number of halogens is 1. The molecule has 1 fully saturated rings. The van der Waals surface area contributed by atoms with Crippen LogP contribution in [0.5, 0.6) is 0 Å². The van der Waals surface area contributed by atoms with E-state index < -0.39 is 0 Å². The number of carbonyl (C=O) groups is 2. The lowest BCUT2D eigenvalue weighted by Gasteiger charge is -2.32. The predicted octanol–water partition coefficient (Wildman–Crippen LogP) is 3.67. The molecule has 2 aromatic rings. The molecule has 28 heavy (non-hydrogen) atoms. The Balaban J connectivity index is 1.49. The molecule has 2 amide bonds. The average Bonchev–Trinajstić information content (AvgIpc) is 3.22. The highest BCUT2D eigenvalue weighted by molar-refractivity contribution is 7.10. The molecule has 0 unspecified atom stereocenters. The van der Waals surface area contributed by atoms with Gasteiger partial charge in [-0.3, -0.25) is 9.59 Å². The molecule has 0 aliphatic carbocycles. The quantitative estimate of drug-likeness (QED) is 0.777. The molecule has 1 aromatic carbocycles. The molecule has 0 bridgehead atoms. The van der Waals surface area contributed by atoms with Crippen LogP contribution in [-0.2, 0) is 4.79 Å². The number of hydrogen-bond acceptors (Lipinski definition) is 4. The van der Waals surface area contributed by atoms with Gasteiger partial charge in [0.1, 0.15) is 0 Å². The number of piperidine rings is 1. The maximum atomic E-state index is 12.6. The number of nitrogens with zero attached hydrogens (tertiary/aromatic N) is 2. The van der Waals surface area contributed by atoms with E-state index in [1.807, 2.05) is 25.1 Å². The minimum atomic E-state index is -0.0413. The van der Waals surface area contributed by atoms with Crippen LogP contribution in [-0.4, -0.2) is 55.3 Å². The van der Waals surface area contributed by atoms with Gasteiger partial charge in [0, 0.05) is 41.0 Å². The van der Waals surface area contributed by atoms with Crippen molar-refractivity contribution in [3.8, 4) is 0 Å². The molecule has 0 saturated carbocycles. The van der Waals surface area contributed by atoms with Gasteiger partial charge in [-0.15, -0.1) is 11.3 Å². The fraction of sp³-hybridized carbons (Fsp3) is 0.429. The zero-order valence-corrected chi connectivity index (χ0v) is 17.8. The number of thiophene rings is 1. The van der Waals surface area contributed by atoms with E-state index in [2.05, 4.69) is 21.7 Å². The number of amides is 2. The monoisotopic (exact) mass is 419 g/mol. The number of likely N-dealkylation sites (N-methyl/N-ethyl adjacent to an activating group) is 1. The maximum Gasteiger partial charge on any atom is 0.253 e. The van der Waals surface area contributed by atoms with E-state index in [1.165, 1.54) is 4.88 Å². The molecule has 150 valence electrons. The standard InChI is InChI=1S/C21H26ClN3O2S/c1-24(2)18(19-4-3-13-28-19)14-23-20(26)15-9-11-25(12-10-15)21(27)16-5-7-17(22)8-6-16/h3-8,13,15,18H,9-12,14H2,1-2H3,(H,23,26)/t18-/m1/s1. The Kier molecular flexibility index (Phi) is 7.10. The van der Waals surface area contributed by atoms with E-state index in [4.69, 9.17) is 11.6 Å². The maximum absolute atomic E-state index is 12.6. The first-order valence-electron chi connectivity index (χ1n) is 9.48. The summed E-state index contributed by atoms with van der Waals surface area (Å²) in [5.74, 6) is 0.0447. The Morgan fingerprint density at radius 3 is 2.46 bits per heavy atom. The van der Waals surface area contributed by atoms with Crippen LogP contribution < -0.4 is 5.32 Å². The van der Waals surface area contributed by atoms with Crippen molar-refractivity contribution in [1.82, 2.24) is 15.1 Å². The van der Waals surface area contributed by atoms with Gasteiger partial charge in [0.25, 0.3) is 5.91 Å². The van der Waals surface area contributed by atoms with Crippen LogP contribution in [0.4, 0.5) is 0 Å². The van der Waals surface area contributed by atoms with Gasteiger partial charge in [0.2, 0.25) is 5.91 Å². The summed E-state index contributed by atoms with van der Waals surface area (Å²) in [5.41, 5.74) is 0.636. The van der Waals surface area contributed by atoms with Gasteiger partial charge in [0.05, 0.1) is 6.04 Å². The summed E-state index contributed by atoms with van der Waals surface area (Å²) in [6.07, 6.45) is 1.38. The zero-order chi connectivity index (χ0) is 20.1. The fourth-order valence-corrected chi connectivity index (χ4v) is 4.53. The molecular formula is C21H26ClN3O2S. The van der Waals surface area contributed by atoms with Crippen LogP contribution >= 0.6 is 22.9 Å². The molecule has 1 aliphatic rings. The molecular weight excluding hydrogens is 394 g/mol. The van der Waals surface area contributed by atoms with Crippen LogP contribution in [0.25, 0.3) is 0 Å². The zero-order valence-electron chi connectivity index (χ0n) is 16.2. The van der Waals surface area contributed by atoms with E-state index in [0.717, 1.165) is 0 Å². The number of rotatable bonds is 6. The van der Waals surface area contributed by atoms with E-state index in [-0.39, 0.29) is 23.8 Å². The van der Waals surface area contributed by atoms with Gasteiger partial charge in [-0.25, -0.2) is 0 Å². The van der Waals surface area contributed by atoms with Crippen LogP contribution in [0.15, 0.2) is 41.8 Å². The predicted molar refractivity (Wildman–Crippen MR) is 114 cm³/mol. The average molecular weight is 420 g/mol. The van der Waals surface area contributed by atoms with Gasteiger partial charge < -0.3 is 15.1 Å². The molecule has 0 spiro atoms. The number of likely N-dealkylation sites (tertiary alicyclic amines) is 1. The van der Waals surface area contributed by atoms with Crippen molar-refractivity contribution >= 4 is 34.8 Å². The lowest BCUT2D eigenvalue weighted by atomic mass is 9.95. The van der Waals surface area contributed by atoms with E-state index in [1.54, 1.807) is 35.6 Å². The van der Waals surface area contributed by atoms with Crippen LogP contribution in [0.2, 0.25) is 5.02 Å². The highest BCUT2D eigenvalue weighted by Gasteiger charge is 2.28. The van der Waals surface area contributed by atoms with Crippen molar-refractivity contribution in [2.24, 2.45) is 5.92 Å². The molecule has 1 saturated heterocycles. The first-order valence-corrected chi connectivity index (χ1v) is 10.7. The van der Waals surface area contributed by atoms with Gasteiger partial charge in [0.15, 0.2) is 0 Å². The molecule has 0 radical (unpaired) electrons. The summed E-state index contributed by atoms with van der Waals surface area (Å²) in [6.45, 7) is 1.79. The molecule has 5 nitrogen and oxygen atoms in total. The Hall–Kier alpha value is -1.89. The lowest BCUT2D eigenvalue weighted by molar-refractivity contribution is -0.126. The Morgan fingerprint density at radius 1 is 1.21 bits per heavy atom. The number of hydrogen-bond donors (Lipinski definition) is 1. The summed E-state index contributed by atoms with van der Waals surface area (Å²) in [5, 5.41) is 5.78. The second-order valence-electron chi connectivity index (χ2n) is 7.31. The van der Waals surface area contributed by atoms with Gasteiger partial charge in [-0.2, -0.15) is 0 Å². The smallest absolute Gasteiger partial charge is 0.253 e. The molecule has 1 aromatic heterocycles. The van der Waals surface area contributed by atoms with Crippen molar-refractivity contribution in [3.05, 3.63) is 57.2 Å². The highest BCUT2D eigenvalue weighted by Crippen LogP contribution is 2.24. The van der Waals surface area contributed by atoms with Crippen molar-refractivity contribution in [2.45, 2.75) is 18.9 Å². The second-order valence-corrected chi connectivity index (χ2v) is 8.73. The third-order valence-corrected chi connectivity index (χ3v) is 6.43. The minimum Gasteiger partial charge on any atom is -0.354 e. The molecule has 7 heteroatoms. The minimum absolute atomic E-state index is 0.000826. The van der Waals surface area contributed by atoms with Crippen LogP contribution in [0.1, 0.15) is 34.1 Å². The second kappa shape index (κ2) is 9.54. The largest absolute Gasteiger partial charge is 0.354 e. The van der Waals surface area contributed by atoms with Crippen molar-refractivity contribution in [3.63, 3.8) is 0 Å². The van der Waals surface area contributed by atoms with E-state index in [9.17, 15) is 9.59 Å². The fourth-order valence-electron chi connectivity index (χ4n) is 3.48. The van der Waals surface area contributed by atoms with E-state index >= 15 is 0 Å². The number of carbonyl (C=O) groups excluding carboxylic acids is 2. The lowest BCUT2D eigenvalue weighted by Crippen LogP contribution is -2.44. The SMILES string of the molecule is CN(C)[C@H](CNC(=O)C1CCN(C(=O)c2ccc(Cl)cc2)CC1)c1cccs1. The number of nitrogens with one attached hydrogen (secondary N) is 1. The topological polar surface area (TPSA) is 52.7 Å². The van der Waals surface area contributed by atoms with Gasteiger partial charge >= 0.3 is 0 Å². The van der Waals surface area contributed by atoms with Gasteiger partial charge in [-0.1, -0.05) is 17.7 Å². The van der Waals surface area contributed by atoms with Crippen molar-refractivity contribution in [2.75, 3.05) is 33.7 Å².